The first kappa shape index (κ1) is 22.1. The van der Waals surface area contributed by atoms with Gasteiger partial charge in [-0.2, -0.15) is 0 Å². The number of ether oxygens (including phenoxy) is 2. The number of nitrogens with one attached hydrogen (secondary N) is 2. The lowest BCUT2D eigenvalue weighted by molar-refractivity contribution is -0.131. The second-order valence-electron chi connectivity index (χ2n) is 8.24. The van der Waals surface area contributed by atoms with Crippen LogP contribution in [-0.2, 0) is 22.6 Å². The van der Waals surface area contributed by atoms with E-state index in [1.807, 2.05) is 36.5 Å². The number of methoxy groups -OCH3 is 1. The lowest BCUT2D eigenvalue weighted by Crippen LogP contribution is -2.41. The summed E-state index contributed by atoms with van der Waals surface area (Å²) >= 11 is 0. The molecule has 3 aromatic rings. The van der Waals surface area contributed by atoms with E-state index >= 15 is 0 Å². The van der Waals surface area contributed by atoms with Gasteiger partial charge in [-0.05, 0) is 61.5 Å². The third-order valence-corrected chi connectivity index (χ3v) is 4.51. The smallest absolute Gasteiger partial charge is 0.408 e. The highest BCUT2D eigenvalue weighted by Crippen LogP contribution is 2.18. The predicted octanol–water partition coefficient (Wildman–Crippen LogP) is 3.63. The van der Waals surface area contributed by atoms with Crippen LogP contribution in [0.1, 0.15) is 31.9 Å². The van der Waals surface area contributed by atoms with Crippen LogP contribution in [0.25, 0.3) is 10.9 Å². The first-order valence-corrected chi connectivity index (χ1v) is 10.0. The normalized spacial score (nSPS) is 11.2. The van der Waals surface area contributed by atoms with Crippen molar-refractivity contribution in [3.8, 4) is 5.75 Å². The molecule has 0 unspecified atom stereocenters. The Bertz CT molecular complexity index is 1050. The molecule has 0 radical (unpaired) electrons. The number of aromatic amines is 1. The van der Waals surface area contributed by atoms with Crippen LogP contribution < -0.4 is 10.1 Å². The zero-order chi connectivity index (χ0) is 22.4. The summed E-state index contributed by atoms with van der Waals surface area (Å²) in [7, 11) is 1.57. The van der Waals surface area contributed by atoms with Gasteiger partial charge < -0.3 is 24.7 Å². The van der Waals surface area contributed by atoms with Crippen LogP contribution in [0, 0.1) is 0 Å². The minimum Gasteiger partial charge on any atom is -0.495 e. The Kier molecular flexibility index (Phi) is 6.79. The summed E-state index contributed by atoms with van der Waals surface area (Å²) in [5.74, 6) is 0.383. The SMILES string of the molecule is COc1cncc(CN(Cc2ccc3[nH]ccc3c2)C(=O)CNC(=O)OC(C)(C)C)c1. The third kappa shape index (κ3) is 6.47. The molecule has 0 aliphatic heterocycles. The molecule has 0 saturated carbocycles. The summed E-state index contributed by atoms with van der Waals surface area (Å²) in [6, 6.07) is 9.83. The van der Waals surface area contributed by atoms with Crippen molar-refractivity contribution < 1.29 is 19.1 Å². The van der Waals surface area contributed by atoms with Crippen molar-refractivity contribution in [3.63, 3.8) is 0 Å². The topological polar surface area (TPSA) is 96.5 Å². The van der Waals surface area contributed by atoms with Gasteiger partial charge in [0.25, 0.3) is 0 Å². The maximum atomic E-state index is 13.0. The van der Waals surface area contributed by atoms with Crippen LogP contribution in [0.5, 0.6) is 5.75 Å². The monoisotopic (exact) mass is 424 g/mol. The molecule has 0 atom stereocenters. The summed E-state index contributed by atoms with van der Waals surface area (Å²) in [5, 5.41) is 3.61. The third-order valence-electron chi connectivity index (χ3n) is 4.51. The Morgan fingerprint density at radius 2 is 1.87 bits per heavy atom. The first-order chi connectivity index (χ1) is 14.7. The number of nitrogens with zero attached hydrogens (tertiary/aromatic N) is 2. The number of carbonyl (C=O) groups is 2. The van der Waals surface area contributed by atoms with E-state index in [0.29, 0.717) is 18.8 Å². The molecule has 0 bridgehead atoms. The molecule has 8 nitrogen and oxygen atoms in total. The molecule has 2 amide bonds. The Labute approximate surface area is 181 Å². The first-order valence-electron chi connectivity index (χ1n) is 10.0. The largest absolute Gasteiger partial charge is 0.495 e. The second kappa shape index (κ2) is 9.51. The molecule has 31 heavy (non-hydrogen) atoms. The summed E-state index contributed by atoms with van der Waals surface area (Å²) in [4.78, 5) is 34.0. The van der Waals surface area contributed by atoms with Crippen LogP contribution in [0.4, 0.5) is 4.79 Å². The summed E-state index contributed by atoms with van der Waals surface area (Å²) in [6.45, 7) is 5.85. The van der Waals surface area contributed by atoms with Crippen LogP contribution in [0.3, 0.4) is 0 Å². The van der Waals surface area contributed by atoms with Gasteiger partial charge in [0.1, 0.15) is 17.9 Å². The quantitative estimate of drug-likeness (QED) is 0.604. The van der Waals surface area contributed by atoms with E-state index in [1.165, 1.54) is 0 Å². The molecule has 0 fully saturated rings. The fourth-order valence-electron chi connectivity index (χ4n) is 3.11. The van der Waals surface area contributed by atoms with Crippen molar-refractivity contribution in [1.82, 2.24) is 20.2 Å². The van der Waals surface area contributed by atoms with Crippen molar-refractivity contribution >= 4 is 22.9 Å². The standard InChI is InChI=1S/C23H28N4O4/c1-23(2,3)31-22(29)26-13-21(28)27(15-17-10-19(30-4)12-24-11-17)14-16-5-6-20-18(9-16)7-8-25-20/h5-12,25H,13-15H2,1-4H3,(H,26,29). The molecular weight excluding hydrogens is 396 g/mol. The van der Waals surface area contributed by atoms with Gasteiger partial charge in [-0.1, -0.05) is 6.07 Å². The Balaban J connectivity index is 1.75. The highest BCUT2D eigenvalue weighted by Gasteiger charge is 2.20. The van der Waals surface area contributed by atoms with Crippen molar-refractivity contribution in [2.75, 3.05) is 13.7 Å². The van der Waals surface area contributed by atoms with Crippen molar-refractivity contribution in [2.24, 2.45) is 0 Å². The highest BCUT2D eigenvalue weighted by molar-refractivity contribution is 5.83. The minimum atomic E-state index is -0.634. The Hall–Kier alpha value is -3.55. The number of carbonyl (C=O) groups excluding carboxylic acids is 2. The lowest BCUT2D eigenvalue weighted by atomic mass is 10.1. The molecule has 2 heterocycles. The number of hydrogen-bond donors (Lipinski definition) is 2. The molecule has 164 valence electrons. The number of aromatic nitrogens is 2. The molecule has 0 aliphatic carbocycles. The van der Waals surface area contributed by atoms with E-state index in [1.54, 1.807) is 45.2 Å². The number of H-pyrrole nitrogens is 1. The number of benzene rings is 1. The molecule has 1 aromatic carbocycles. The van der Waals surface area contributed by atoms with Gasteiger partial charge in [0.15, 0.2) is 0 Å². The summed E-state index contributed by atoms with van der Waals surface area (Å²) < 4.78 is 10.5. The van der Waals surface area contributed by atoms with Crippen LogP contribution in [0.15, 0.2) is 48.9 Å². The molecule has 2 aromatic heterocycles. The van der Waals surface area contributed by atoms with Crippen LogP contribution in [0.2, 0.25) is 0 Å². The number of fused-ring (bicyclic) bond motifs is 1. The minimum absolute atomic E-state index is 0.168. The molecule has 0 aliphatic rings. The van der Waals surface area contributed by atoms with E-state index in [-0.39, 0.29) is 12.5 Å². The highest BCUT2D eigenvalue weighted by atomic mass is 16.6. The average Bonchev–Trinajstić information content (AvgIpc) is 3.18. The van der Waals surface area contributed by atoms with E-state index in [2.05, 4.69) is 15.3 Å². The second-order valence-corrected chi connectivity index (χ2v) is 8.24. The molecular formula is C23H28N4O4. The number of hydrogen-bond acceptors (Lipinski definition) is 5. The fraction of sp³-hybridized carbons (Fsp3) is 0.348. The maximum absolute atomic E-state index is 13.0. The van der Waals surface area contributed by atoms with E-state index in [9.17, 15) is 9.59 Å². The zero-order valence-corrected chi connectivity index (χ0v) is 18.3. The Morgan fingerprint density at radius 1 is 1.10 bits per heavy atom. The molecule has 3 rings (SSSR count). The van der Waals surface area contributed by atoms with E-state index in [0.717, 1.165) is 22.0 Å². The zero-order valence-electron chi connectivity index (χ0n) is 18.3. The van der Waals surface area contributed by atoms with Crippen molar-refractivity contribution in [3.05, 3.63) is 60.0 Å². The van der Waals surface area contributed by atoms with Crippen LogP contribution >= 0.6 is 0 Å². The van der Waals surface area contributed by atoms with Crippen molar-refractivity contribution in [2.45, 2.75) is 39.5 Å². The van der Waals surface area contributed by atoms with Gasteiger partial charge in [-0.3, -0.25) is 9.78 Å². The van der Waals surface area contributed by atoms with Crippen LogP contribution in [-0.4, -0.2) is 46.1 Å². The van der Waals surface area contributed by atoms with Crippen molar-refractivity contribution in [1.29, 1.82) is 0 Å². The molecule has 8 heteroatoms. The number of rotatable bonds is 7. The van der Waals surface area contributed by atoms with Gasteiger partial charge in [-0.25, -0.2) is 4.79 Å². The van der Waals surface area contributed by atoms with E-state index < -0.39 is 11.7 Å². The van der Waals surface area contributed by atoms with Gasteiger partial charge in [0.2, 0.25) is 5.91 Å². The lowest BCUT2D eigenvalue weighted by Gasteiger charge is -2.24. The molecule has 0 saturated heterocycles. The predicted molar refractivity (Wildman–Crippen MR) is 118 cm³/mol. The molecule has 2 N–H and O–H groups in total. The van der Waals surface area contributed by atoms with Gasteiger partial charge in [0.05, 0.1) is 13.3 Å². The number of amides is 2. The molecule has 0 spiro atoms. The van der Waals surface area contributed by atoms with E-state index in [4.69, 9.17) is 9.47 Å². The summed E-state index contributed by atoms with van der Waals surface area (Å²) in [5.41, 5.74) is 2.21. The maximum Gasteiger partial charge on any atom is 0.408 e. The average molecular weight is 425 g/mol. The van der Waals surface area contributed by atoms with Gasteiger partial charge in [-0.15, -0.1) is 0 Å². The number of pyridine rings is 1. The fourth-order valence-corrected chi connectivity index (χ4v) is 3.11. The Morgan fingerprint density at radius 3 is 2.61 bits per heavy atom. The number of alkyl carbamates (subject to hydrolysis) is 1. The summed E-state index contributed by atoms with van der Waals surface area (Å²) in [6.07, 6.45) is 4.56. The van der Waals surface area contributed by atoms with Gasteiger partial charge in [0, 0.05) is 31.0 Å². The van der Waals surface area contributed by atoms with Gasteiger partial charge >= 0.3 is 6.09 Å².